The van der Waals surface area contributed by atoms with Gasteiger partial charge in [-0.25, -0.2) is 0 Å². The third-order valence-electron chi connectivity index (χ3n) is 3.08. The van der Waals surface area contributed by atoms with Crippen molar-refractivity contribution < 1.29 is 13.2 Å². The standard InChI is InChI=1S/C12H19ClF3N3/c1-4-19-10(11(13)8(2)18-19)7-9(17-3)5-6-12(14,15)16/h9,17H,4-7H2,1-3H3. The maximum absolute atomic E-state index is 12.2. The molecule has 0 fully saturated rings. The number of alkyl halides is 3. The molecule has 7 heteroatoms. The van der Waals surface area contributed by atoms with Crippen LogP contribution < -0.4 is 5.32 Å². The average molecular weight is 298 g/mol. The summed E-state index contributed by atoms with van der Waals surface area (Å²) < 4.78 is 38.5. The van der Waals surface area contributed by atoms with Crippen LogP contribution in [0.15, 0.2) is 0 Å². The molecule has 0 radical (unpaired) electrons. The molecule has 0 saturated heterocycles. The van der Waals surface area contributed by atoms with Crippen molar-refractivity contribution in [3.63, 3.8) is 0 Å². The molecule has 0 amide bonds. The van der Waals surface area contributed by atoms with Gasteiger partial charge < -0.3 is 5.32 Å². The molecule has 1 aromatic rings. The van der Waals surface area contributed by atoms with Crippen molar-refractivity contribution in [2.45, 2.75) is 51.9 Å². The Morgan fingerprint density at radius 1 is 1.42 bits per heavy atom. The van der Waals surface area contributed by atoms with Crippen molar-refractivity contribution in [2.75, 3.05) is 7.05 Å². The van der Waals surface area contributed by atoms with Gasteiger partial charge in [0.1, 0.15) is 0 Å². The molecule has 1 unspecified atom stereocenters. The molecule has 0 spiro atoms. The molecule has 3 nitrogen and oxygen atoms in total. The Bertz CT molecular complexity index is 415. The molecule has 1 heterocycles. The predicted octanol–water partition coefficient (Wildman–Crippen LogP) is 3.34. The topological polar surface area (TPSA) is 29.9 Å². The van der Waals surface area contributed by atoms with Crippen LogP contribution in [0.5, 0.6) is 0 Å². The zero-order valence-corrected chi connectivity index (χ0v) is 12.1. The fourth-order valence-electron chi connectivity index (χ4n) is 1.98. The van der Waals surface area contributed by atoms with Crippen LogP contribution in [0.25, 0.3) is 0 Å². The first-order valence-electron chi connectivity index (χ1n) is 6.24. The molecule has 19 heavy (non-hydrogen) atoms. The lowest BCUT2D eigenvalue weighted by molar-refractivity contribution is -0.136. The van der Waals surface area contributed by atoms with Gasteiger partial charge in [-0.3, -0.25) is 4.68 Å². The van der Waals surface area contributed by atoms with E-state index < -0.39 is 12.6 Å². The minimum atomic E-state index is -4.13. The minimum absolute atomic E-state index is 0.0320. The van der Waals surface area contributed by atoms with Crippen LogP contribution in [0.4, 0.5) is 13.2 Å². The summed E-state index contributed by atoms with van der Waals surface area (Å²) >= 11 is 6.15. The fraction of sp³-hybridized carbons (Fsp3) is 0.750. The molecule has 110 valence electrons. The lowest BCUT2D eigenvalue weighted by atomic mass is 10.1. The van der Waals surface area contributed by atoms with E-state index in [0.29, 0.717) is 23.7 Å². The summed E-state index contributed by atoms with van der Waals surface area (Å²) in [5.41, 5.74) is 1.51. The first-order valence-corrected chi connectivity index (χ1v) is 6.62. The molecule has 1 N–H and O–H groups in total. The van der Waals surface area contributed by atoms with Crippen LogP contribution in [-0.2, 0) is 13.0 Å². The van der Waals surface area contributed by atoms with Crippen molar-refractivity contribution >= 4 is 11.6 Å². The van der Waals surface area contributed by atoms with Gasteiger partial charge in [-0.15, -0.1) is 0 Å². The summed E-state index contributed by atoms with van der Waals surface area (Å²) in [4.78, 5) is 0. The molecule has 0 aliphatic rings. The van der Waals surface area contributed by atoms with E-state index in [4.69, 9.17) is 11.6 Å². The van der Waals surface area contributed by atoms with Crippen LogP contribution in [0.3, 0.4) is 0 Å². The van der Waals surface area contributed by atoms with Gasteiger partial charge in [-0.05, 0) is 27.3 Å². The Balaban J connectivity index is 2.75. The summed E-state index contributed by atoms with van der Waals surface area (Å²) in [6.45, 7) is 4.37. The van der Waals surface area contributed by atoms with Crippen molar-refractivity contribution in [2.24, 2.45) is 0 Å². The van der Waals surface area contributed by atoms with E-state index in [1.807, 2.05) is 6.92 Å². The van der Waals surface area contributed by atoms with E-state index >= 15 is 0 Å². The van der Waals surface area contributed by atoms with Gasteiger partial charge in [-0.2, -0.15) is 18.3 Å². The largest absolute Gasteiger partial charge is 0.389 e. The van der Waals surface area contributed by atoms with E-state index in [2.05, 4.69) is 10.4 Å². The lowest BCUT2D eigenvalue weighted by Gasteiger charge is -2.18. The zero-order chi connectivity index (χ0) is 14.6. The molecule has 1 atom stereocenters. The average Bonchev–Trinajstić information content (AvgIpc) is 2.60. The van der Waals surface area contributed by atoms with Gasteiger partial charge in [-0.1, -0.05) is 11.6 Å². The number of hydrogen-bond donors (Lipinski definition) is 1. The van der Waals surface area contributed by atoms with Crippen LogP contribution in [0.2, 0.25) is 5.02 Å². The van der Waals surface area contributed by atoms with E-state index in [9.17, 15) is 13.2 Å². The second kappa shape index (κ2) is 6.61. The number of hydrogen-bond acceptors (Lipinski definition) is 2. The molecule has 1 rings (SSSR count). The first-order chi connectivity index (χ1) is 8.78. The highest BCUT2D eigenvalue weighted by Gasteiger charge is 2.28. The van der Waals surface area contributed by atoms with Gasteiger partial charge in [0.2, 0.25) is 0 Å². The second-order valence-electron chi connectivity index (χ2n) is 4.51. The summed E-state index contributed by atoms with van der Waals surface area (Å²) in [6.07, 6.45) is -4.44. The van der Waals surface area contributed by atoms with Gasteiger partial charge in [0, 0.05) is 25.4 Å². The van der Waals surface area contributed by atoms with Gasteiger partial charge in [0.25, 0.3) is 0 Å². The molecule has 0 aromatic carbocycles. The molecule has 0 aliphatic carbocycles. The van der Waals surface area contributed by atoms with Crippen LogP contribution in [0.1, 0.15) is 31.2 Å². The molecule has 0 aliphatic heterocycles. The first kappa shape index (κ1) is 16.3. The minimum Gasteiger partial charge on any atom is -0.317 e. The van der Waals surface area contributed by atoms with Gasteiger partial charge >= 0.3 is 6.18 Å². The summed E-state index contributed by atoms with van der Waals surface area (Å²) in [7, 11) is 1.66. The van der Waals surface area contributed by atoms with Gasteiger partial charge in [0.05, 0.1) is 16.4 Å². The number of rotatable bonds is 6. The number of nitrogens with one attached hydrogen (secondary N) is 1. The molecular formula is C12H19ClF3N3. The van der Waals surface area contributed by atoms with E-state index in [-0.39, 0.29) is 12.5 Å². The highest BCUT2D eigenvalue weighted by molar-refractivity contribution is 6.31. The number of halogens is 4. The molecule has 0 bridgehead atoms. The Labute approximate surface area is 116 Å². The smallest absolute Gasteiger partial charge is 0.317 e. The van der Waals surface area contributed by atoms with Crippen molar-refractivity contribution in [3.8, 4) is 0 Å². The monoisotopic (exact) mass is 297 g/mol. The Morgan fingerprint density at radius 2 is 2.05 bits per heavy atom. The number of aryl methyl sites for hydroxylation is 2. The van der Waals surface area contributed by atoms with Crippen molar-refractivity contribution in [1.82, 2.24) is 15.1 Å². The van der Waals surface area contributed by atoms with E-state index in [0.717, 1.165) is 5.69 Å². The Hall–Kier alpha value is -0.750. The fourth-order valence-corrected chi connectivity index (χ4v) is 2.20. The number of nitrogens with zero attached hydrogens (tertiary/aromatic N) is 2. The van der Waals surface area contributed by atoms with E-state index in [1.165, 1.54) is 0 Å². The SMILES string of the molecule is CCn1nc(C)c(Cl)c1CC(CCC(F)(F)F)NC. The number of likely N-dealkylation sites (N-methyl/N-ethyl adjacent to an activating group) is 1. The zero-order valence-electron chi connectivity index (χ0n) is 11.3. The van der Waals surface area contributed by atoms with Gasteiger partial charge in [0.15, 0.2) is 0 Å². The summed E-state index contributed by atoms with van der Waals surface area (Å²) in [5.74, 6) is 0. The Morgan fingerprint density at radius 3 is 2.53 bits per heavy atom. The second-order valence-corrected chi connectivity index (χ2v) is 4.88. The highest BCUT2D eigenvalue weighted by atomic mass is 35.5. The van der Waals surface area contributed by atoms with Crippen molar-refractivity contribution in [3.05, 3.63) is 16.4 Å². The van der Waals surface area contributed by atoms with Crippen LogP contribution in [-0.4, -0.2) is 29.0 Å². The number of aromatic nitrogens is 2. The highest BCUT2D eigenvalue weighted by Crippen LogP contribution is 2.25. The predicted molar refractivity (Wildman–Crippen MR) is 69.5 cm³/mol. The normalized spacial score (nSPS) is 13.8. The molecule has 1 aromatic heterocycles. The quantitative estimate of drug-likeness (QED) is 0.873. The third-order valence-corrected chi connectivity index (χ3v) is 3.57. The van der Waals surface area contributed by atoms with Crippen molar-refractivity contribution in [1.29, 1.82) is 0 Å². The maximum Gasteiger partial charge on any atom is 0.389 e. The van der Waals surface area contributed by atoms with E-state index in [1.54, 1.807) is 18.7 Å². The molecule has 0 saturated carbocycles. The maximum atomic E-state index is 12.2. The van der Waals surface area contributed by atoms with Crippen LogP contribution >= 0.6 is 11.6 Å². The summed E-state index contributed by atoms with van der Waals surface area (Å²) in [6, 6.07) is -0.263. The van der Waals surface area contributed by atoms with Crippen LogP contribution in [0, 0.1) is 6.92 Å². The molecular weight excluding hydrogens is 279 g/mol. The third kappa shape index (κ3) is 4.69. The summed E-state index contributed by atoms with van der Waals surface area (Å²) in [5, 5.41) is 7.72. The Kier molecular flexibility index (Phi) is 5.67. The lowest BCUT2D eigenvalue weighted by Crippen LogP contribution is -2.30.